The van der Waals surface area contributed by atoms with Crippen LogP contribution < -0.4 is 5.14 Å². The Morgan fingerprint density at radius 3 is 1.94 bits per heavy atom. The van der Waals surface area contributed by atoms with Crippen molar-refractivity contribution in [1.82, 2.24) is 9.78 Å². The molecule has 4 aromatic rings. The lowest BCUT2D eigenvalue weighted by Crippen LogP contribution is -2.12. The molecule has 32 heavy (non-hydrogen) atoms. The summed E-state index contributed by atoms with van der Waals surface area (Å²) in [5, 5.41) is 10.3. The third kappa shape index (κ3) is 4.55. The Hall–Kier alpha value is -3.14. The zero-order valence-corrected chi connectivity index (χ0v) is 17.8. The first-order valence-corrected chi connectivity index (χ1v) is 11.1. The van der Waals surface area contributed by atoms with E-state index in [1.54, 1.807) is 30.3 Å². The van der Waals surface area contributed by atoms with Crippen molar-refractivity contribution in [1.29, 1.82) is 0 Å². The molecule has 0 aliphatic rings. The standard InChI is InChI=1S/C22H15ClF3N3O2S/c23-17-7-3-14(4-8-17)20-13-21(15-1-5-16(6-2-15)22(24,25)26)29(28-20)18-9-11-19(12-10-18)32(27,30)31/h1-13H,(H2,27,30,31). The van der Waals surface area contributed by atoms with E-state index >= 15 is 0 Å². The molecule has 3 aromatic carbocycles. The van der Waals surface area contributed by atoms with Gasteiger partial charge in [-0.2, -0.15) is 18.3 Å². The molecule has 0 spiro atoms. The topological polar surface area (TPSA) is 78.0 Å². The highest BCUT2D eigenvalue weighted by Gasteiger charge is 2.30. The number of hydrogen-bond donors (Lipinski definition) is 1. The van der Waals surface area contributed by atoms with Gasteiger partial charge in [-0.25, -0.2) is 18.2 Å². The van der Waals surface area contributed by atoms with Gasteiger partial charge in [-0.3, -0.25) is 0 Å². The molecule has 5 nitrogen and oxygen atoms in total. The van der Waals surface area contributed by atoms with E-state index in [0.29, 0.717) is 27.7 Å². The minimum absolute atomic E-state index is 0.0672. The van der Waals surface area contributed by atoms with Crippen molar-refractivity contribution in [2.75, 3.05) is 0 Å². The first-order chi connectivity index (χ1) is 15.0. The first kappa shape index (κ1) is 22.1. The van der Waals surface area contributed by atoms with Crippen LogP contribution in [0.3, 0.4) is 0 Å². The zero-order valence-electron chi connectivity index (χ0n) is 16.2. The number of benzene rings is 3. The number of aromatic nitrogens is 2. The first-order valence-electron chi connectivity index (χ1n) is 9.19. The van der Waals surface area contributed by atoms with E-state index in [4.69, 9.17) is 16.7 Å². The Morgan fingerprint density at radius 2 is 1.41 bits per heavy atom. The summed E-state index contributed by atoms with van der Waals surface area (Å²) >= 11 is 5.95. The van der Waals surface area contributed by atoms with E-state index < -0.39 is 21.8 Å². The van der Waals surface area contributed by atoms with Gasteiger partial charge in [0.25, 0.3) is 0 Å². The summed E-state index contributed by atoms with van der Waals surface area (Å²) in [5.41, 5.74) is 2.08. The van der Waals surface area contributed by atoms with Gasteiger partial charge < -0.3 is 0 Å². The predicted octanol–water partition coefficient (Wildman–Crippen LogP) is 5.53. The highest BCUT2D eigenvalue weighted by atomic mass is 35.5. The van der Waals surface area contributed by atoms with Crippen LogP contribution in [-0.2, 0) is 16.2 Å². The summed E-state index contributed by atoms with van der Waals surface area (Å²) < 4.78 is 63.5. The summed E-state index contributed by atoms with van der Waals surface area (Å²) in [6, 6.07) is 19.1. The van der Waals surface area contributed by atoms with Crippen LogP contribution in [0.15, 0.2) is 83.8 Å². The number of rotatable bonds is 4. The molecule has 0 bridgehead atoms. The lowest BCUT2D eigenvalue weighted by Gasteiger charge is -2.10. The minimum atomic E-state index is -4.45. The van der Waals surface area contributed by atoms with Crippen LogP contribution in [0.5, 0.6) is 0 Å². The van der Waals surface area contributed by atoms with Gasteiger partial charge in [-0.1, -0.05) is 35.9 Å². The number of primary sulfonamides is 1. The summed E-state index contributed by atoms with van der Waals surface area (Å²) in [6.07, 6.45) is -4.45. The van der Waals surface area contributed by atoms with E-state index in [-0.39, 0.29) is 4.90 Å². The quantitative estimate of drug-likeness (QED) is 0.420. The van der Waals surface area contributed by atoms with Crippen molar-refractivity contribution in [3.63, 3.8) is 0 Å². The molecule has 0 unspecified atom stereocenters. The molecule has 0 saturated carbocycles. The third-order valence-corrected chi connectivity index (χ3v) is 5.95. The van der Waals surface area contributed by atoms with Crippen molar-refractivity contribution in [2.24, 2.45) is 5.14 Å². The molecule has 0 atom stereocenters. The van der Waals surface area contributed by atoms with Crippen LogP contribution >= 0.6 is 11.6 Å². The molecule has 0 radical (unpaired) electrons. The molecule has 4 rings (SSSR count). The van der Waals surface area contributed by atoms with Gasteiger partial charge >= 0.3 is 6.18 Å². The Morgan fingerprint density at radius 1 is 0.844 bits per heavy atom. The molecule has 1 heterocycles. The predicted molar refractivity (Wildman–Crippen MR) is 116 cm³/mol. The van der Waals surface area contributed by atoms with Crippen molar-refractivity contribution in [3.05, 3.63) is 89.4 Å². The molecular weight excluding hydrogens is 463 g/mol. The smallest absolute Gasteiger partial charge is 0.232 e. The molecule has 10 heteroatoms. The highest BCUT2D eigenvalue weighted by molar-refractivity contribution is 7.89. The molecule has 164 valence electrons. The highest BCUT2D eigenvalue weighted by Crippen LogP contribution is 2.33. The van der Waals surface area contributed by atoms with Crippen molar-refractivity contribution >= 4 is 21.6 Å². The van der Waals surface area contributed by atoms with Gasteiger partial charge in [0.2, 0.25) is 10.0 Å². The maximum atomic E-state index is 13.0. The number of alkyl halides is 3. The minimum Gasteiger partial charge on any atom is -0.232 e. The molecular formula is C22H15ClF3N3O2S. The molecule has 0 saturated heterocycles. The van der Waals surface area contributed by atoms with Gasteiger partial charge in [-0.05, 0) is 54.6 Å². The summed E-state index contributed by atoms with van der Waals surface area (Å²) in [5.74, 6) is 0. The average molecular weight is 478 g/mol. The molecule has 0 aliphatic carbocycles. The normalized spacial score (nSPS) is 12.2. The summed E-state index contributed by atoms with van der Waals surface area (Å²) in [4.78, 5) is -0.0672. The summed E-state index contributed by atoms with van der Waals surface area (Å²) in [7, 11) is -3.87. The number of nitrogens with two attached hydrogens (primary N) is 1. The van der Waals surface area contributed by atoms with Crippen molar-refractivity contribution < 1.29 is 21.6 Å². The number of hydrogen-bond acceptors (Lipinski definition) is 3. The van der Waals surface area contributed by atoms with Gasteiger partial charge in [-0.15, -0.1) is 0 Å². The fourth-order valence-corrected chi connectivity index (χ4v) is 3.79. The van der Waals surface area contributed by atoms with Crippen LogP contribution in [0.1, 0.15) is 5.56 Å². The molecule has 0 aliphatic heterocycles. The average Bonchev–Trinajstić information content (AvgIpc) is 3.19. The van der Waals surface area contributed by atoms with Crippen LogP contribution in [0.25, 0.3) is 28.2 Å². The number of halogens is 4. The fourth-order valence-electron chi connectivity index (χ4n) is 3.15. The maximum absolute atomic E-state index is 13.0. The van der Waals surface area contributed by atoms with Gasteiger partial charge in [0.05, 0.1) is 27.5 Å². The van der Waals surface area contributed by atoms with Crippen LogP contribution in [0.4, 0.5) is 13.2 Å². The molecule has 2 N–H and O–H groups in total. The molecule has 1 aromatic heterocycles. The van der Waals surface area contributed by atoms with Crippen molar-refractivity contribution in [2.45, 2.75) is 11.1 Å². The van der Waals surface area contributed by atoms with Gasteiger partial charge in [0, 0.05) is 16.1 Å². The Kier molecular flexibility index (Phi) is 5.58. The zero-order chi connectivity index (χ0) is 23.1. The van der Waals surface area contributed by atoms with Gasteiger partial charge in [0.15, 0.2) is 0 Å². The SMILES string of the molecule is NS(=O)(=O)c1ccc(-n2nc(-c3ccc(Cl)cc3)cc2-c2ccc(C(F)(F)F)cc2)cc1. The van der Waals surface area contributed by atoms with E-state index in [1.807, 2.05) is 0 Å². The number of nitrogens with zero attached hydrogens (tertiary/aromatic N) is 2. The second-order valence-electron chi connectivity index (χ2n) is 6.95. The van der Waals surface area contributed by atoms with E-state index in [0.717, 1.165) is 17.7 Å². The van der Waals surface area contributed by atoms with Crippen LogP contribution in [-0.4, -0.2) is 18.2 Å². The van der Waals surface area contributed by atoms with Crippen LogP contribution in [0, 0.1) is 0 Å². The molecule has 0 amide bonds. The van der Waals surface area contributed by atoms with Crippen molar-refractivity contribution in [3.8, 4) is 28.2 Å². The van der Waals surface area contributed by atoms with E-state index in [9.17, 15) is 21.6 Å². The lowest BCUT2D eigenvalue weighted by atomic mass is 10.1. The van der Waals surface area contributed by atoms with Crippen LogP contribution in [0.2, 0.25) is 5.02 Å². The largest absolute Gasteiger partial charge is 0.416 e. The summed E-state index contributed by atoms with van der Waals surface area (Å²) in [6.45, 7) is 0. The van der Waals surface area contributed by atoms with Gasteiger partial charge in [0.1, 0.15) is 0 Å². The molecule has 0 fully saturated rings. The Balaban J connectivity index is 1.85. The van der Waals surface area contributed by atoms with E-state index in [2.05, 4.69) is 5.10 Å². The lowest BCUT2D eigenvalue weighted by molar-refractivity contribution is -0.137. The fraction of sp³-hybridized carbons (Fsp3) is 0.0455. The monoisotopic (exact) mass is 477 g/mol. The second-order valence-corrected chi connectivity index (χ2v) is 8.95. The number of sulfonamides is 1. The van der Waals surface area contributed by atoms with E-state index in [1.165, 1.54) is 41.1 Å². The second kappa shape index (κ2) is 8.09. The Bertz CT molecular complexity index is 1360. The third-order valence-electron chi connectivity index (χ3n) is 4.77. The maximum Gasteiger partial charge on any atom is 0.416 e. The Labute approximate surface area is 186 Å².